The number of carboxylic acid groups (broad SMARTS) is 1. The molecule has 0 aromatic rings. The molecule has 2 fully saturated rings. The molecule has 4 nitrogen and oxygen atoms in total. The first-order valence-electron chi connectivity index (χ1n) is 7.66. The molecule has 108 valence electrons. The fourth-order valence-electron chi connectivity index (χ4n) is 3.75. The molecule has 4 heteroatoms. The van der Waals surface area contributed by atoms with Crippen LogP contribution in [0.25, 0.3) is 0 Å². The van der Waals surface area contributed by atoms with Crippen LogP contribution in [-0.4, -0.2) is 40.4 Å². The van der Waals surface area contributed by atoms with Crippen LogP contribution in [0.1, 0.15) is 58.3 Å². The Morgan fingerprint density at radius 3 is 2.74 bits per heavy atom. The van der Waals surface area contributed by atoms with Gasteiger partial charge in [-0.25, -0.2) is 0 Å². The number of piperidine rings is 1. The molecule has 2 rings (SSSR count). The normalized spacial score (nSPS) is 30.5. The van der Waals surface area contributed by atoms with Gasteiger partial charge in [0.25, 0.3) is 0 Å². The zero-order valence-electron chi connectivity index (χ0n) is 11.8. The number of Topliss-reactive ketones (excluding diaryl/α,β-unsaturated/α-hetero) is 1. The van der Waals surface area contributed by atoms with Crippen molar-refractivity contribution in [3.8, 4) is 0 Å². The van der Waals surface area contributed by atoms with Crippen LogP contribution < -0.4 is 0 Å². The second kappa shape index (κ2) is 6.51. The Kier molecular flexibility index (Phi) is 4.97. The summed E-state index contributed by atoms with van der Waals surface area (Å²) >= 11 is 0. The lowest BCUT2D eigenvalue weighted by Crippen LogP contribution is -2.53. The lowest BCUT2D eigenvalue weighted by molar-refractivity contribution is -0.147. The van der Waals surface area contributed by atoms with Gasteiger partial charge in [0.05, 0.1) is 0 Å². The van der Waals surface area contributed by atoms with E-state index in [0.717, 1.165) is 45.1 Å². The lowest BCUT2D eigenvalue weighted by Gasteiger charge is -2.42. The van der Waals surface area contributed by atoms with Crippen LogP contribution in [-0.2, 0) is 9.59 Å². The molecule has 1 saturated carbocycles. The molecular formula is C15H25NO3. The summed E-state index contributed by atoms with van der Waals surface area (Å²) in [5.41, 5.74) is 0. The molecular weight excluding hydrogens is 242 g/mol. The smallest absolute Gasteiger partial charge is 0.320 e. The first-order valence-corrected chi connectivity index (χ1v) is 7.66. The maximum Gasteiger partial charge on any atom is 0.320 e. The highest BCUT2D eigenvalue weighted by Crippen LogP contribution is 2.34. The second-order valence-electron chi connectivity index (χ2n) is 5.91. The van der Waals surface area contributed by atoms with Crippen LogP contribution in [0.2, 0.25) is 0 Å². The monoisotopic (exact) mass is 267 g/mol. The third kappa shape index (κ3) is 3.16. The number of nitrogens with zero attached hydrogens (tertiary/aromatic N) is 1. The molecule has 1 N–H and O–H groups in total. The molecule has 0 spiro atoms. The van der Waals surface area contributed by atoms with Crippen molar-refractivity contribution in [1.29, 1.82) is 0 Å². The van der Waals surface area contributed by atoms with Gasteiger partial charge in [-0.05, 0) is 38.6 Å². The summed E-state index contributed by atoms with van der Waals surface area (Å²) in [7, 11) is 0. The largest absolute Gasteiger partial charge is 0.480 e. The summed E-state index contributed by atoms with van der Waals surface area (Å²) in [5.74, 6) is -0.268. The summed E-state index contributed by atoms with van der Waals surface area (Å²) in [5, 5.41) is 9.46. The van der Waals surface area contributed by atoms with Gasteiger partial charge in [-0.1, -0.05) is 19.8 Å². The van der Waals surface area contributed by atoms with Crippen LogP contribution in [0.4, 0.5) is 0 Å². The van der Waals surface area contributed by atoms with Crippen LogP contribution in [0.5, 0.6) is 0 Å². The highest BCUT2D eigenvalue weighted by molar-refractivity contribution is 5.83. The van der Waals surface area contributed by atoms with Gasteiger partial charge in [-0.15, -0.1) is 0 Å². The molecule has 0 amide bonds. The standard InChI is InChI=1S/C15H25NO3/c1-2-6-13(15(18)19)16-10-4-3-8-12(16)11-7-5-9-14(11)17/h11-13H,2-10H2,1H3,(H,18,19). The zero-order chi connectivity index (χ0) is 13.8. The minimum atomic E-state index is -0.723. The quantitative estimate of drug-likeness (QED) is 0.831. The van der Waals surface area contributed by atoms with E-state index in [1.807, 2.05) is 6.92 Å². The molecule has 0 bridgehead atoms. The number of carboxylic acids is 1. The second-order valence-corrected chi connectivity index (χ2v) is 5.91. The highest BCUT2D eigenvalue weighted by atomic mass is 16.4. The Hall–Kier alpha value is -0.900. The Balaban J connectivity index is 2.14. The molecule has 0 radical (unpaired) electrons. The predicted octanol–water partition coefficient (Wildman–Crippen LogP) is 2.46. The van der Waals surface area contributed by atoms with E-state index in [4.69, 9.17) is 0 Å². The van der Waals surface area contributed by atoms with Crippen molar-refractivity contribution < 1.29 is 14.7 Å². The fourth-order valence-corrected chi connectivity index (χ4v) is 3.75. The van der Waals surface area contributed by atoms with E-state index >= 15 is 0 Å². The van der Waals surface area contributed by atoms with Gasteiger partial charge in [-0.3, -0.25) is 14.5 Å². The van der Waals surface area contributed by atoms with Gasteiger partial charge in [-0.2, -0.15) is 0 Å². The average molecular weight is 267 g/mol. The number of ketones is 1. The number of likely N-dealkylation sites (tertiary alicyclic amines) is 1. The number of rotatable bonds is 5. The van der Waals surface area contributed by atoms with Crippen molar-refractivity contribution >= 4 is 11.8 Å². The minimum absolute atomic E-state index is 0.0963. The van der Waals surface area contributed by atoms with Crippen LogP contribution in [0.15, 0.2) is 0 Å². The molecule has 3 atom stereocenters. The third-order valence-electron chi connectivity index (χ3n) is 4.66. The van der Waals surface area contributed by atoms with Crippen molar-refractivity contribution in [2.75, 3.05) is 6.54 Å². The van der Waals surface area contributed by atoms with Crippen molar-refractivity contribution in [2.24, 2.45) is 5.92 Å². The van der Waals surface area contributed by atoms with Crippen LogP contribution in [0.3, 0.4) is 0 Å². The fraction of sp³-hybridized carbons (Fsp3) is 0.867. The minimum Gasteiger partial charge on any atom is -0.480 e. The number of carbonyl (C=O) groups is 2. The van der Waals surface area contributed by atoms with Crippen molar-refractivity contribution in [3.05, 3.63) is 0 Å². The Morgan fingerprint density at radius 2 is 2.16 bits per heavy atom. The maximum atomic E-state index is 12.0. The van der Waals surface area contributed by atoms with E-state index in [1.165, 1.54) is 0 Å². The number of aliphatic carboxylic acids is 1. The first-order chi connectivity index (χ1) is 9.15. The topological polar surface area (TPSA) is 57.6 Å². The van der Waals surface area contributed by atoms with E-state index in [-0.39, 0.29) is 12.0 Å². The zero-order valence-corrected chi connectivity index (χ0v) is 11.8. The number of hydrogen-bond acceptors (Lipinski definition) is 3. The molecule has 2 aliphatic rings. The van der Waals surface area contributed by atoms with Gasteiger partial charge in [0, 0.05) is 18.4 Å². The highest BCUT2D eigenvalue weighted by Gasteiger charge is 2.40. The average Bonchev–Trinajstić information content (AvgIpc) is 2.82. The van der Waals surface area contributed by atoms with Gasteiger partial charge < -0.3 is 5.11 Å². The Bertz CT molecular complexity index is 342. The van der Waals surface area contributed by atoms with Crippen LogP contribution >= 0.6 is 0 Å². The summed E-state index contributed by atoms with van der Waals surface area (Å²) in [4.78, 5) is 25.6. The van der Waals surface area contributed by atoms with E-state index in [0.29, 0.717) is 18.6 Å². The number of hydrogen-bond donors (Lipinski definition) is 1. The number of carbonyl (C=O) groups excluding carboxylic acids is 1. The molecule has 1 aliphatic heterocycles. The first kappa shape index (κ1) is 14.5. The van der Waals surface area contributed by atoms with E-state index in [1.54, 1.807) is 0 Å². The van der Waals surface area contributed by atoms with Gasteiger partial charge >= 0.3 is 5.97 Å². The van der Waals surface area contributed by atoms with Crippen molar-refractivity contribution in [1.82, 2.24) is 4.90 Å². The maximum absolute atomic E-state index is 12.0. The molecule has 1 heterocycles. The summed E-state index contributed by atoms with van der Waals surface area (Å²) in [6.07, 6.45) is 7.38. The molecule has 19 heavy (non-hydrogen) atoms. The summed E-state index contributed by atoms with van der Waals surface area (Å²) < 4.78 is 0. The van der Waals surface area contributed by atoms with Gasteiger partial charge in [0.2, 0.25) is 0 Å². The molecule has 1 saturated heterocycles. The molecule has 0 aromatic carbocycles. The van der Waals surface area contributed by atoms with E-state index in [2.05, 4.69) is 4.90 Å². The predicted molar refractivity (Wildman–Crippen MR) is 73.0 cm³/mol. The summed E-state index contributed by atoms with van der Waals surface area (Å²) in [6.45, 7) is 2.86. The van der Waals surface area contributed by atoms with Crippen molar-refractivity contribution in [2.45, 2.75) is 70.4 Å². The summed E-state index contributed by atoms with van der Waals surface area (Å²) in [6, 6.07) is -0.222. The SMILES string of the molecule is CCCC(C(=O)O)N1CCCCC1C1CCCC1=O. The molecule has 0 aromatic heterocycles. The molecule has 3 unspecified atom stereocenters. The molecule has 1 aliphatic carbocycles. The van der Waals surface area contributed by atoms with E-state index in [9.17, 15) is 14.7 Å². The lowest BCUT2D eigenvalue weighted by atomic mass is 9.86. The van der Waals surface area contributed by atoms with Gasteiger partial charge in [0.15, 0.2) is 0 Å². The van der Waals surface area contributed by atoms with Crippen molar-refractivity contribution in [3.63, 3.8) is 0 Å². The third-order valence-corrected chi connectivity index (χ3v) is 4.66. The van der Waals surface area contributed by atoms with Gasteiger partial charge in [0.1, 0.15) is 11.8 Å². The van der Waals surface area contributed by atoms with E-state index < -0.39 is 12.0 Å². The Labute approximate surface area is 115 Å². The van der Waals surface area contributed by atoms with Crippen LogP contribution in [0, 0.1) is 5.92 Å². The Morgan fingerprint density at radius 1 is 1.37 bits per heavy atom.